The zero-order valence-corrected chi connectivity index (χ0v) is 18.4. The van der Waals surface area contributed by atoms with Crippen LogP contribution in [0.15, 0.2) is 47.4 Å². The van der Waals surface area contributed by atoms with Crippen molar-refractivity contribution in [3.05, 3.63) is 59.7 Å². The maximum absolute atomic E-state index is 13.6. The van der Waals surface area contributed by atoms with Gasteiger partial charge in [-0.3, -0.25) is 9.10 Å². The van der Waals surface area contributed by atoms with Gasteiger partial charge in [0.2, 0.25) is 15.9 Å². The first-order valence-corrected chi connectivity index (χ1v) is 12.5. The molecule has 0 bridgehead atoms. The van der Waals surface area contributed by atoms with Gasteiger partial charge >= 0.3 is 0 Å². The van der Waals surface area contributed by atoms with E-state index >= 15 is 0 Å². The van der Waals surface area contributed by atoms with Crippen molar-refractivity contribution in [3.8, 4) is 0 Å². The van der Waals surface area contributed by atoms with E-state index in [4.69, 9.17) is 0 Å². The van der Waals surface area contributed by atoms with Crippen LogP contribution in [0.4, 0.5) is 14.5 Å². The molecule has 1 N–H and O–H groups in total. The molecule has 2 rings (SSSR count). The highest BCUT2D eigenvalue weighted by molar-refractivity contribution is 7.92. The molecule has 2 atom stereocenters. The van der Waals surface area contributed by atoms with Gasteiger partial charge < -0.3 is 5.32 Å². The molecule has 2 aromatic carbocycles. The fourth-order valence-electron chi connectivity index (χ4n) is 2.85. The summed E-state index contributed by atoms with van der Waals surface area (Å²) in [5.74, 6) is -3.06. The molecule has 7 nitrogen and oxygen atoms in total. The van der Waals surface area contributed by atoms with Crippen LogP contribution in [0.3, 0.4) is 0 Å². The zero-order chi connectivity index (χ0) is 22.9. The maximum atomic E-state index is 13.6. The Hall–Kier alpha value is -2.53. The van der Waals surface area contributed by atoms with Crippen LogP contribution in [-0.2, 0) is 24.7 Å². The first-order valence-electron chi connectivity index (χ1n) is 8.76. The van der Waals surface area contributed by atoms with Crippen LogP contribution in [0.5, 0.6) is 0 Å². The lowest BCUT2D eigenvalue weighted by molar-refractivity contribution is -0.122. The van der Waals surface area contributed by atoms with Crippen LogP contribution in [0.1, 0.15) is 25.5 Å². The van der Waals surface area contributed by atoms with Gasteiger partial charge in [0.15, 0.2) is 21.5 Å². The van der Waals surface area contributed by atoms with E-state index in [0.29, 0.717) is 15.9 Å². The molecule has 1 amide bonds. The van der Waals surface area contributed by atoms with E-state index in [-0.39, 0.29) is 10.6 Å². The molecule has 11 heteroatoms. The Morgan fingerprint density at radius 1 is 0.933 bits per heavy atom. The number of sulfonamides is 1. The summed E-state index contributed by atoms with van der Waals surface area (Å²) in [6.45, 7) is 2.96. The summed E-state index contributed by atoms with van der Waals surface area (Å²) >= 11 is 0. The molecule has 30 heavy (non-hydrogen) atoms. The fourth-order valence-corrected chi connectivity index (χ4v) is 4.65. The minimum absolute atomic E-state index is 0.125. The summed E-state index contributed by atoms with van der Waals surface area (Å²) in [6.07, 6.45) is 1.93. The van der Waals surface area contributed by atoms with Gasteiger partial charge in [0, 0.05) is 12.3 Å². The summed E-state index contributed by atoms with van der Waals surface area (Å²) < 4.78 is 75.1. The number of hydrogen-bond donors (Lipinski definition) is 1. The van der Waals surface area contributed by atoms with Crippen molar-refractivity contribution in [3.63, 3.8) is 0 Å². The number of carbonyl (C=O) groups excluding carboxylic acids is 1. The quantitative estimate of drug-likeness (QED) is 0.684. The predicted octanol–water partition coefficient (Wildman–Crippen LogP) is 2.40. The molecule has 0 aliphatic carbocycles. The normalized spacial score (nSPS) is 14.1. The molecule has 164 valence electrons. The Balaban J connectivity index is 2.25. The summed E-state index contributed by atoms with van der Waals surface area (Å²) in [4.78, 5) is 12.8. The lowest BCUT2D eigenvalue weighted by Crippen LogP contribution is -2.48. The molecule has 0 radical (unpaired) electrons. The lowest BCUT2D eigenvalue weighted by atomic mass is 10.1. The monoisotopic (exact) mass is 460 g/mol. The molecule has 0 heterocycles. The van der Waals surface area contributed by atoms with E-state index in [1.54, 1.807) is 6.92 Å². The topological polar surface area (TPSA) is 101 Å². The molecule has 0 saturated heterocycles. The molecular weight excluding hydrogens is 438 g/mol. The molecule has 0 unspecified atom stereocenters. The van der Waals surface area contributed by atoms with Gasteiger partial charge in [-0.05, 0) is 43.7 Å². The van der Waals surface area contributed by atoms with Crippen molar-refractivity contribution in [2.24, 2.45) is 0 Å². The Kier molecular flexibility index (Phi) is 6.87. The highest BCUT2D eigenvalue weighted by Crippen LogP contribution is 2.24. The van der Waals surface area contributed by atoms with Crippen molar-refractivity contribution in [2.75, 3.05) is 16.8 Å². The van der Waals surface area contributed by atoms with Gasteiger partial charge in [-0.2, -0.15) is 0 Å². The number of nitrogens with zero attached hydrogens (tertiary/aromatic N) is 1. The number of anilines is 1. The van der Waals surface area contributed by atoms with E-state index in [0.717, 1.165) is 24.6 Å². The highest BCUT2D eigenvalue weighted by atomic mass is 32.2. The Labute approximate surface area is 174 Å². The maximum Gasteiger partial charge on any atom is 0.244 e. The summed E-state index contributed by atoms with van der Waals surface area (Å²) in [6, 6.07) is 6.60. The van der Waals surface area contributed by atoms with Gasteiger partial charge in [-0.15, -0.1) is 0 Å². The Morgan fingerprint density at radius 2 is 1.50 bits per heavy atom. The second-order valence-corrected chi connectivity index (χ2v) is 10.8. The number of halogens is 2. The second kappa shape index (κ2) is 8.68. The largest absolute Gasteiger partial charge is 0.348 e. The second-order valence-electron chi connectivity index (χ2n) is 6.90. The molecular formula is C19H22F2N2O5S2. The van der Waals surface area contributed by atoms with Crippen molar-refractivity contribution in [1.82, 2.24) is 5.32 Å². The third kappa shape index (κ3) is 5.54. The average Bonchev–Trinajstić information content (AvgIpc) is 2.63. The average molecular weight is 461 g/mol. The fraction of sp³-hybridized carbons (Fsp3) is 0.316. The number of amides is 1. The Morgan fingerprint density at radius 3 is 1.97 bits per heavy atom. The molecule has 0 aromatic heterocycles. The van der Waals surface area contributed by atoms with E-state index in [2.05, 4.69) is 5.32 Å². The number of rotatable bonds is 7. The van der Waals surface area contributed by atoms with Crippen LogP contribution in [0.25, 0.3) is 0 Å². The van der Waals surface area contributed by atoms with Crippen LogP contribution >= 0.6 is 0 Å². The van der Waals surface area contributed by atoms with Crippen LogP contribution in [0.2, 0.25) is 0 Å². The van der Waals surface area contributed by atoms with Crippen molar-refractivity contribution in [2.45, 2.75) is 30.8 Å². The number of carbonyl (C=O) groups is 1. The van der Waals surface area contributed by atoms with Gasteiger partial charge in [-0.25, -0.2) is 25.6 Å². The molecule has 0 aliphatic heterocycles. The predicted molar refractivity (Wildman–Crippen MR) is 109 cm³/mol. The molecule has 0 saturated carbocycles. The standard InChI is InChI=1S/C19H22F2N2O5S2/c1-12(14-5-8-16(9-6-14)29(3,25)26)22-19(24)13(2)23(30(4,27)28)15-7-10-17(20)18(21)11-15/h5-13H,1-4H3,(H,22,24)/t12-,13+/m0/s1. The van der Waals surface area contributed by atoms with Gasteiger partial charge in [0.05, 0.1) is 22.9 Å². The molecule has 0 aliphatic rings. The number of hydrogen-bond acceptors (Lipinski definition) is 5. The Bertz CT molecular complexity index is 1150. The summed E-state index contributed by atoms with van der Waals surface area (Å²) in [7, 11) is -7.36. The van der Waals surface area contributed by atoms with E-state index in [1.807, 2.05) is 0 Å². The minimum Gasteiger partial charge on any atom is -0.348 e. The smallest absolute Gasteiger partial charge is 0.244 e. The lowest BCUT2D eigenvalue weighted by Gasteiger charge is -2.29. The van der Waals surface area contributed by atoms with Crippen molar-refractivity contribution in [1.29, 1.82) is 0 Å². The highest BCUT2D eigenvalue weighted by Gasteiger charge is 2.30. The number of benzene rings is 2. The van der Waals surface area contributed by atoms with Crippen molar-refractivity contribution >= 4 is 31.5 Å². The molecule has 0 fully saturated rings. The molecule has 0 spiro atoms. The zero-order valence-electron chi connectivity index (χ0n) is 16.8. The first kappa shape index (κ1) is 23.7. The van der Waals surface area contributed by atoms with Crippen LogP contribution in [-0.4, -0.2) is 41.3 Å². The summed E-state index contributed by atoms with van der Waals surface area (Å²) in [5, 5.41) is 2.64. The number of sulfone groups is 1. The van der Waals surface area contributed by atoms with E-state index in [1.165, 1.54) is 31.2 Å². The van der Waals surface area contributed by atoms with Gasteiger partial charge in [-0.1, -0.05) is 12.1 Å². The minimum atomic E-state index is -4.00. The van der Waals surface area contributed by atoms with Gasteiger partial charge in [0.1, 0.15) is 6.04 Å². The van der Waals surface area contributed by atoms with Crippen LogP contribution < -0.4 is 9.62 Å². The van der Waals surface area contributed by atoms with E-state index < -0.39 is 49.5 Å². The number of nitrogens with one attached hydrogen (secondary N) is 1. The summed E-state index contributed by atoms with van der Waals surface area (Å²) in [5.41, 5.74) is 0.408. The van der Waals surface area contributed by atoms with Crippen LogP contribution in [0, 0.1) is 11.6 Å². The SMILES string of the molecule is C[C@H](NC(=O)[C@@H](C)N(c1ccc(F)c(F)c1)S(C)(=O)=O)c1ccc(S(C)(=O)=O)cc1. The molecule has 2 aromatic rings. The van der Waals surface area contributed by atoms with Crippen molar-refractivity contribution < 1.29 is 30.4 Å². The first-order chi connectivity index (χ1) is 13.7. The third-order valence-corrected chi connectivity index (χ3v) is 6.78. The van der Waals surface area contributed by atoms with Gasteiger partial charge in [0.25, 0.3) is 0 Å². The third-order valence-electron chi connectivity index (χ3n) is 4.41. The van der Waals surface area contributed by atoms with E-state index in [9.17, 15) is 30.4 Å².